The maximum Gasteiger partial charge on any atom is 0.258 e. The fraction of sp³-hybridized carbons (Fsp3) is 0.588. The molecular formula is C17H22ClFN2O. The molecule has 3 rings (SSSR count). The minimum atomic E-state index is -0.549. The number of hydrazine groups is 1. The minimum Gasteiger partial charge on any atom is -0.271 e. The average molecular weight is 325 g/mol. The smallest absolute Gasteiger partial charge is 0.258 e. The Hall–Kier alpha value is -1.13. The monoisotopic (exact) mass is 324 g/mol. The Kier molecular flexibility index (Phi) is 4.17. The minimum absolute atomic E-state index is 0.159. The molecule has 1 amide bonds. The molecule has 2 fully saturated rings. The maximum absolute atomic E-state index is 13.5. The van der Waals surface area contributed by atoms with E-state index in [4.69, 9.17) is 11.6 Å². The molecule has 22 heavy (non-hydrogen) atoms. The van der Waals surface area contributed by atoms with E-state index in [-0.39, 0.29) is 17.8 Å². The number of hydrogen-bond acceptors (Lipinski definition) is 2. The third-order valence-electron chi connectivity index (χ3n) is 4.89. The summed E-state index contributed by atoms with van der Waals surface area (Å²) in [6.07, 6.45) is 5.69. The first-order valence-corrected chi connectivity index (χ1v) is 8.34. The Morgan fingerprint density at radius 2 is 1.95 bits per heavy atom. The van der Waals surface area contributed by atoms with Gasteiger partial charge in [0.05, 0.1) is 0 Å². The lowest BCUT2D eigenvalue weighted by Gasteiger charge is -2.59. The summed E-state index contributed by atoms with van der Waals surface area (Å²) in [6.45, 7) is 4.30. The van der Waals surface area contributed by atoms with E-state index in [1.54, 1.807) is 6.07 Å². The van der Waals surface area contributed by atoms with E-state index in [0.29, 0.717) is 11.6 Å². The molecule has 5 heteroatoms. The molecule has 120 valence electrons. The number of amides is 1. The Labute approximate surface area is 136 Å². The lowest BCUT2D eigenvalue weighted by atomic mass is 9.89. The predicted molar refractivity (Wildman–Crippen MR) is 84.8 cm³/mol. The van der Waals surface area contributed by atoms with Crippen molar-refractivity contribution in [1.82, 2.24) is 10.0 Å². The summed E-state index contributed by atoms with van der Waals surface area (Å²) in [5, 5.41) is 4.48. The second-order valence-electron chi connectivity index (χ2n) is 6.79. The highest BCUT2D eigenvalue weighted by atomic mass is 35.5. The van der Waals surface area contributed by atoms with E-state index in [1.807, 2.05) is 23.9 Å². The first-order valence-electron chi connectivity index (χ1n) is 7.96. The van der Waals surface area contributed by atoms with Crippen molar-refractivity contribution in [1.29, 1.82) is 0 Å². The summed E-state index contributed by atoms with van der Waals surface area (Å²) in [6, 6.07) is 4.67. The van der Waals surface area contributed by atoms with Gasteiger partial charge in [-0.3, -0.25) is 9.80 Å². The van der Waals surface area contributed by atoms with Crippen molar-refractivity contribution in [3.63, 3.8) is 0 Å². The van der Waals surface area contributed by atoms with Gasteiger partial charge in [-0.1, -0.05) is 30.9 Å². The van der Waals surface area contributed by atoms with Crippen LogP contribution in [0.5, 0.6) is 0 Å². The second kappa shape index (κ2) is 5.82. The van der Waals surface area contributed by atoms with Crippen LogP contribution >= 0.6 is 11.6 Å². The molecule has 1 aromatic rings. The summed E-state index contributed by atoms with van der Waals surface area (Å²) in [4.78, 5) is 12.5. The summed E-state index contributed by atoms with van der Waals surface area (Å²) in [5.74, 6) is -0.139. The van der Waals surface area contributed by atoms with Gasteiger partial charge in [0.25, 0.3) is 5.91 Å². The highest BCUT2D eigenvalue weighted by molar-refractivity contribution is 6.31. The van der Waals surface area contributed by atoms with Crippen molar-refractivity contribution in [2.45, 2.75) is 64.1 Å². The number of carbonyl (C=O) groups excluding carboxylic acids is 1. The fourth-order valence-electron chi connectivity index (χ4n) is 3.51. The molecule has 1 heterocycles. The number of nitrogens with zero attached hydrogens (tertiary/aromatic N) is 2. The van der Waals surface area contributed by atoms with Crippen LogP contribution in [0.25, 0.3) is 0 Å². The third-order valence-corrected chi connectivity index (χ3v) is 5.25. The van der Waals surface area contributed by atoms with E-state index >= 15 is 0 Å². The molecule has 1 aliphatic carbocycles. The van der Waals surface area contributed by atoms with Gasteiger partial charge in [-0.25, -0.2) is 4.39 Å². The van der Waals surface area contributed by atoms with E-state index in [9.17, 15) is 9.18 Å². The van der Waals surface area contributed by atoms with Crippen molar-refractivity contribution in [2.75, 3.05) is 0 Å². The zero-order valence-electron chi connectivity index (χ0n) is 13.1. The van der Waals surface area contributed by atoms with Crippen LogP contribution in [0.2, 0.25) is 5.02 Å². The van der Waals surface area contributed by atoms with Crippen LogP contribution in [-0.4, -0.2) is 27.5 Å². The van der Waals surface area contributed by atoms with Gasteiger partial charge in [0.2, 0.25) is 0 Å². The lowest BCUT2D eigenvalue weighted by molar-refractivity contribution is -0.231. The van der Waals surface area contributed by atoms with Crippen molar-refractivity contribution < 1.29 is 9.18 Å². The van der Waals surface area contributed by atoms with Crippen molar-refractivity contribution in [3.8, 4) is 0 Å². The number of rotatable bonds is 3. The van der Waals surface area contributed by atoms with Crippen LogP contribution in [0, 0.1) is 5.82 Å². The summed E-state index contributed by atoms with van der Waals surface area (Å²) >= 11 is 6.19. The normalized spacial score (nSPS) is 22.7. The number of benzene rings is 1. The van der Waals surface area contributed by atoms with Gasteiger partial charge < -0.3 is 0 Å². The van der Waals surface area contributed by atoms with E-state index < -0.39 is 5.54 Å². The highest BCUT2D eigenvalue weighted by Gasteiger charge is 2.54. The zero-order chi connectivity index (χ0) is 15.9. The van der Waals surface area contributed by atoms with Crippen LogP contribution in [0.1, 0.15) is 51.5 Å². The van der Waals surface area contributed by atoms with Gasteiger partial charge in [-0.15, -0.1) is 0 Å². The van der Waals surface area contributed by atoms with E-state index in [1.165, 1.54) is 31.4 Å². The molecule has 1 saturated heterocycles. The van der Waals surface area contributed by atoms with Crippen molar-refractivity contribution >= 4 is 17.5 Å². The summed E-state index contributed by atoms with van der Waals surface area (Å²) in [7, 11) is 0. The second-order valence-corrected chi connectivity index (χ2v) is 7.20. The molecule has 0 bridgehead atoms. The SMILES string of the molecule is CC1(C)C(=O)N(C2CCCCC2)N1Cc1cc(F)ccc1Cl. The molecular weight excluding hydrogens is 303 g/mol. The number of carbonyl (C=O) groups is 1. The molecule has 0 spiro atoms. The Morgan fingerprint density at radius 3 is 2.64 bits per heavy atom. The quantitative estimate of drug-likeness (QED) is 0.834. The van der Waals surface area contributed by atoms with Crippen LogP contribution in [0.15, 0.2) is 18.2 Å². The number of halogens is 2. The largest absolute Gasteiger partial charge is 0.271 e. The topological polar surface area (TPSA) is 23.6 Å². The molecule has 1 aromatic carbocycles. The summed E-state index contributed by atoms with van der Waals surface area (Å²) < 4.78 is 13.5. The standard InChI is InChI=1S/C17H22ClFN2O/c1-17(2)16(22)21(14-6-4-3-5-7-14)20(17)11-12-10-13(19)8-9-15(12)18/h8-10,14H,3-7,11H2,1-2H3. The van der Waals surface area contributed by atoms with Gasteiger partial charge in [-0.2, -0.15) is 5.01 Å². The molecule has 0 atom stereocenters. The predicted octanol–water partition coefficient (Wildman–Crippen LogP) is 4.15. The fourth-order valence-corrected chi connectivity index (χ4v) is 3.69. The Balaban J connectivity index is 1.82. The van der Waals surface area contributed by atoms with E-state index in [2.05, 4.69) is 0 Å². The van der Waals surface area contributed by atoms with Gasteiger partial charge in [0.15, 0.2) is 0 Å². The van der Waals surface area contributed by atoms with Crippen molar-refractivity contribution in [3.05, 3.63) is 34.6 Å². The van der Waals surface area contributed by atoms with Crippen LogP contribution in [-0.2, 0) is 11.3 Å². The molecule has 0 unspecified atom stereocenters. The van der Waals surface area contributed by atoms with Crippen molar-refractivity contribution in [2.24, 2.45) is 0 Å². The molecule has 1 saturated carbocycles. The van der Waals surface area contributed by atoms with Crippen LogP contribution in [0.4, 0.5) is 4.39 Å². The van der Waals surface area contributed by atoms with Crippen LogP contribution in [0.3, 0.4) is 0 Å². The van der Waals surface area contributed by atoms with Crippen LogP contribution < -0.4 is 0 Å². The summed E-state index contributed by atoms with van der Waals surface area (Å²) in [5.41, 5.74) is 0.177. The first-order chi connectivity index (χ1) is 10.4. The third kappa shape index (κ3) is 2.63. The molecule has 1 aliphatic heterocycles. The molecule has 0 aromatic heterocycles. The van der Waals surface area contributed by atoms with Gasteiger partial charge >= 0.3 is 0 Å². The average Bonchev–Trinajstić information content (AvgIpc) is 2.51. The zero-order valence-corrected chi connectivity index (χ0v) is 13.9. The van der Waals surface area contributed by atoms with Gasteiger partial charge in [0, 0.05) is 17.6 Å². The first kappa shape index (κ1) is 15.8. The Bertz CT molecular complexity index is 584. The molecule has 0 N–H and O–H groups in total. The van der Waals surface area contributed by atoms with Gasteiger partial charge in [0.1, 0.15) is 11.4 Å². The Morgan fingerprint density at radius 1 is 1.27 bits per heavy atom. The van der Waals surface area contributed by atoms with E-state index in [0.717, 1.165) is 18.4 Å². The molecule has 3 nitrogen and oxygen atoms in total. The van der Waals surface area contributed by atoms with Gasteiger partial charge in [-0.05, 0) is 50.5 Å². The number of hydrogen-bond donors (Lipinski definition) is 0. The molecule has 0 radical (unpaired) electrons. The molecule has 2 aliphatic rings. The highest BCUT2D eigenvalue weighted by Crippen LogP contribution is 2.39. The lowest BCUT2D eigenvalue weighted by Crippen LogP contribution is -2.76. The maximum atomic E-state index is 13.5.